The smallest absolute Gasteiger partial charge is 0.134 e. The summed E-state index contributed by atoms with van der Waals surface area (Å²) in [6.45, 7) is 6.11. The van der Waals surface area contributed by atoms with Gasteiger partial charge in [0.1, 0.15) is 5.78 Å². The molecule has 0 spiro atoms. The molecule has 0 aromatic heterocycles. The quantitative estimate of drug-likeness (QED) is 0.718. The minimum Gasteiger partial charge on any atom is -0.300 e. The van der Waals surface area contributed by atoms with E-state index in [1.165, 1.54) is 12.0 Å². The summed E-state index contributed by atoms with van der Waals surface area (Å²) in [6, 6.07) is 8.39. The SMILES string of the molecule is CCC(C)Cc1cccc(CC(C)=O)c1. The summed E-state index contributed by atoms with van der Waals surface area (Å²) in [5.74, 6) is 0.952. The van der Waals surface area contributed by atoms with Crippen molar-refractivity contribution in [3.05, 3.63) is 35.4 Å². The minimum absolute atomic E-state index is 0.232. The van der Waals surface area contributed by atoms with Crippen LogP contribution in [0.2, 0.25) is 0 Å². The van der Waals surface area contributed by atoms with Crippen molar-refractivity contribution in [3.63, 3.8) is 0 Å². The van der Waals surface area contributed by atoms with Crippen molar-refractivity contribution in [1.29, 1.82) is 0 Å². The number of rotatable bonds is 5. The van der Waals surface area contributed by atoms with Gasteiger partial charge in [0.2, 0.25) is 0 Å². The van der Waals surface area contributed by atoms with E-state index in [4.69, 9.17) is 0 Å². The third-order valence-electron chi connectivity index (χ3n) is 2.73. The molecule has 82 valence electrons. The van der Waals surface area contributed by atoms with E-state index < -0.39 is 0 Å². The summed E-state index contributed by atoms with van der Waals surface area (Å²) in [4.78, 5) is 11.0. The van der Waals surface area contributed by atoms with Gasteiger partial charge in [0.25, 0.3) is 0 Å². The Morgan fingerprint density at radius 3 is 2.60 bits per heavy atom. The predicted molar refractivity (Wildman–Crippen MR) is 64.0 cm³/mol. The molecule has 15 heavy (non-hydrogen) atoms. The largest absolute Gasteiger partial charge is 0.300 e. The molecule has 0 fully saturated rings. The van der Waals surface area contributed by atoms with Gasteiger partial charge in [0, 0.05) is 6.42 Å². The van der Waals surface area contributed by atoms with Crippen molar-refractivity contribution in [2.24, 2.45) is 5.92 Å². The van der Waals surface area contributed by atoms with Gasteiger partial charge in [-0.05, 0) is 30.4 Å². The Morgan fingerprint density at radius 1 is 1.33 bits per heavy atom. The number of Topliss-reactive ketones (excluding diaryl/α,β-unsaturated/α-hetero) is 1. The Kier molecular flexibility index (Phi) is 4.54. The van der Waals surface area contributed by atoms with E-state index in [9.17, 15) is 4.79 Å². The number of hydrogen-bond donors (Lipinski definition) is 0. The molecule has 0 bridgehead atoms. The van der Waals surface area contributed by atoms with Crippen LogP contribution in [0.15, 0.2) is 24.3 Å². The van der Waals surface area contributed by atoms with E-state index in [-0.39, 0.29) is 5.78 Å². The van der Waals surface area contributed by atoms with Gasteiger partial charge >= 0.3 is 0 Å². The Hall–Kier alpha value is -1.11. The van der Waals surface area contributed by atoms with Crippen LogP contribution < -0.4 is 0 Å². The van der Waals surface area contributed by atoms with Crippen LogP contribution in [0.25, 0.3) is 0 Å². The number of carbonyl (C=O) groups excluding carboxylic acids is 1. The van der Waals surface area contributed by atoms with Crippen LogP contribution in [-0.4, -0.2) is 5.78 Å². The van der Waals surface area contributed by atoms with Crippen molar-refractivity contribution in [1.82, 2.24) is 0 Å². The van der Waals surface area contributed by atoms with Crippen molar-refractivity contribution >= 4 is 5.78 Å². The lowest BCUT2D eigenvalue weighted by molar-refractivity contribution is -0.116. The van der Waals surface area contributed by atoms with E-state index in [0.29, 0.717) is 6.42 Å². The average Bonchev–Trinajstić information content (AvgIpc) is 2.17. The van der Waals surface area contributed by atoms with Crippen molar-refractivity contribution in [3.8, 4) is 0 Å². The zero-order valence-corrected chi connectivity index (χ0v) is 9.92. The average molecular weight is 204 g/mol. The number of benzene rings is 1. The number of carbonyl (C=O) groups is 1. The van der Waals surface area contributed by atoms with Crippen molar-refractivity contribution < 1.29 is 4.79 Å². The maximum Gasteiger partial charge on any atom is 0.134 e. The third-order valence-corrected chi connectivity index (χ3v) is 2.73. The van der Waals surface area contributed by atoms with Crippen molar-refractivity contribution in [2.45, 2.75) is 40.0 Å². The lowest BCUT2D eigenvalue weighted by Gasteiger charge is -2.09. The molecule has 0 aliphatic rings. The van der Waals surface area contributed by atoms with Crippen molar-refractivity contribution in [2.75, 3.05) is 0 Å². The Balaban J connectivity index is 2.69. The summed E-state index contributed by atoms with van der Waals surface area (Å²) in [7, 11) is 0. The molecular formula is C14H20O. The van der Waals surface area contributed by atoms with Crippen LogP contribution in [0.3, 0.4) is 0 Å². The zero-order valence-electron chi connectivity index (χ0n) is 9.92. The van der Waals surface area contributed by atoms with E-state index in [1.54, 1.807) is 6.92 Å². The van der Waals surface area contributed by atoms with Crippen LogP contribution in [0, 0.1) is 5.92 Å². The fraction of sp³-hybridized carbons (Fsp3) is 0.500. The van der Waals surface area contributed by atoms with Crippen LogP contribution >= 0.6 is 0 Å². The highest BCUT2D eigenvalue weighted by Crippen LogP contribution is 2.13. The van der Waals surface area contributed by atoms with Crippen LogP contribution in [0.5, 0.6) is 0 Å². The summed E-state index contributed by atoms with van der Waals surface area (Å²) >= 11 is 0. The highest BCUT2D eigenvalue weighted by Gasteiger charge is 2.03. The summed E-state index contributed by atoms with van der Waals surface area (Å²) in [6.07, 6.45) is 2.88. The molecule has 0 radical (unpaired) electrons. The first-order valence-electron chi connectivity index (χ1n) is 5.69. The highest BCUT2D eigenvalue weighted by atomic mass is 16.1. The monoisotopic (exact) mass is 204 g/mol. The normalized spacial score (nSPS) is 12.5. The molecule has 1 unspecified atom stereocenters. The zero-order chi connectivity index (χ0) is 11.3. The minimum atomic E-state index is 0.232. The van der Waals surface area contributed by atoms with Gasteiger partial charge in [-0.1, -0.05) is 44.5 Å². The first-order valence-corrected chi connectivity index (χ1v) is 5.69. The molecule has 0 saturated carbocycles. The molecule has 0 saturated heterocycles. The molecule has 1 heteroatoms. The molecule has 0 N–H and O–H groups in total. The second-order valence-electron chi connectivity index (χ2n) is 4.42. The number of hydrogen-bond acceptors (Lipinski definition) is 1. The maximum atomic E-state index is 11.0. The maximum absolute atomic E-state index is 11.0. The first-order chi connectivity index (χ1) is 7.11. The van der Waals surface area contributed by atoms with Crippen LogP contribution in [-0.2, 0) is 17.6 Å². The molecule has 0 heterocycles. The van der Waals surface area contributed by atoms with E-state index in [2.05, 4.69) is 32.0 Å². The van der Waals surface area contributed by atoms with E-state index in [0.717, 1.165) is 17.9 Å². The number of ketones is 1. The standard InChI is InChI=1S/C14H20O/c1-4-11(2)8-13-6-5-7-14(10-13)9-12(3)15/h5-7,10-11H,4,8-9H2,1-3H3. The van der Waals surface area contributed by atoms with Gasteiger partial charge in [-0.25, -0.2) is 0 Å². The molecule has 1 rings (SSSR count). The van der Waals surface area contributed by atoms with Gasteiger partial charge in [0.15, 0.2) is 0 Å². The third kappa shape index (κ3) is 4.28. The van der Waals surface area contributed by atoms with Gasteiger partial charge in [-0.3, -0.25) is 4.79 Å². The summed E-state index contributed by atoms with van der Waals surface area (Å²) < 4.78 is 0. The fourth-order valence-corrected chi connectivity index (χ4v) is 1.70. The van der Waals surface area contributed by atoms with Crippen LogP contribution in [0.1, 0.15) is 38.3 Å². The summed E-state index contributed by atoms with van der Waals surface area (Å²) in [5.41, 5.74) is 2.49. The second kappa shape index (κ2) is 5.69. The van der Waals surface area contributed by atoms with Gasteiger partial charge < -0.3 is 0 Å². The lowest BCUT2D eigenvalue weighted by Crippen LogP contribution is -2.00. The Bertz CT molecular complexity index is 328. The summed E-state index contributed by atoms with van der Waals surface area (Å²) in [5, 5.41) is 0. The molecule has 0 aliphatic carbocycles. The fourth-order valence-electron chi connectivity index (χ4n) is 1.70. The van der Waals surface area contributed by atoms with E-state index in [1.807, 2.05) is 6.07 Å². The molecule has 0 amide bonds. The molecule has 1 nitrogen and oxygen atoms in total. The molecular weight excluding hydrogens is 184 g/mol. The van der Waals surface area contributed by atoms with E-state index >= 15 is 0 Å². The molecule has 1 aromatic rings. The molecule has 0 aliphatic heterocycles. The second-order valence-corrected chi connectivity index (χ2v) is 4.42. The first kappa shape index (κ1) is 12.0. The topological polar surface area (TPSA) is 17.1 Å². The van der Waals surface area contributed by atoms with Crippen LogP contribution in [0.4, 0.5) is 0 Å². The Morgan fingerprint density at radius 2 is 2.00 bits per heavy atom. The molecule has 1 atom stereocenters. The molecule has 1 aromatic carbocycles. The predicted octanol–water partition coefficient (Wildman–Crippen LogP) is 3.41. The van der Waals surface area contributed by atoms with Gasteiger partial charge in [-0.2, -0.15) is 0 Å². The Labute approximate surface area is 92.5 Å². The lowest BCUT2D eigenvalue weighted by atomic mass is 9.97. The van der Waals surface area contributed by atoms with Gasteiger partial charge in [0.05, 0.1) is 0 Å². The highest BCUT2D eigenvalue weighted by molar-refractivity contribution is 5.78. The van der Waals surface area contributed by atoms with Gasteiger partial charge in [-0.15, -0.1) is 0 Å².